The van der Waals surface area contributed by atoms with Crippen LogP contribution in [0.15, 0.2) is 55.1 Å². The number of fused-ring (bicyclic) bond motifs is 1. The molecule has 0 aliphatic heterocycles. The monoisotopic (exact) mass is 294 g/mol. The van der Waals surface area contributed by atoms with Crippen LogP contribution in [-0.4, -0.2) is 38.9 Å². The number of rotatable bonds is 5. The van der Waals surface area contributed by atoms with Gasteiger partial charge in [-0.25, -0.2) is 0 Å². The Bertz CT molecular complexity index is 766. The minimum Gasteiger partial charge on any atom is -0.344 e. The summed E-state index contributed by atoms with van der Waals surface area (Å²) in [6, 6.07) is 10.1. The van der Waals surface area contributed by atoms with E-state index in [0.29, 0.717) is 19.5 Å². The van der Waals surface area contributed by atoms with Crippen LogP contribution in [0.25, 0.3) is 10.9 Å². The SMILES string of the molecule is CN(CCc1cnccn1)C(=O)Cn1ccc2ccccc21. The van der Waals surface area contributed by atoms with Crippen LogP contribution >= 0.6 is 0 Å². The van der Waals surface area contributed by atoms with E-state index in [2.05, 4.69) is 9.97 Å². The highest BCUT2D eigenvalue weighted by molar-refractivity contribution is 5.83. The van der Waals surface area contributed by atoms with E-state index in [1.165, 1.54) is 0 Å². The zero-order valence-corrected chi connectivity index (χ0v) is 12.5. The number of aromatic nitrogens is 3. The predicted molar refractivity (Wildman–Crippen MR) is 85.3 cm³/mol. The van der Waals surface area contributed by atoms with E-state index in [4.69, 9.17) is 0 Å². The fourth-order valence-corrected chi connectivity index (χ4v) is 2.41. The molecule has 0 bridgehead atoms. The first-order chi connectivity index (χ1) is 10.7. The fraction of sp³-hybridized carbons (Fsp3) is 0.235. The number of para-hydroxylation sites is 1. The number of likely N-dealkylation sites (N-methyl/N-ethyl adjacent to an activating group) is 1. The highest BCUT2D eigenvalue weighted by Crippen LogP contribution is 2.15. The molecule has 0 atom stereocenters. The van der Waals surface area contributed by atoms with Gasteiger partial charge in [-0.15, -0.1) is 0 Å². The van der Waals surface area contributed by atoms with Gasteiger partial charge in [0.2, 0.25) is 5.91 Å². The van der Waals surface area contributed by atoms with Crippen molar-refractivity contribution in [3.63, 3.8) is 0 Å². The Hall–Kier alpha value is -2.69. The van der Waals surface area contributed by atoms with Crippen LogP contribution in [-0.2, 0) is 17.8 Å². The van der Waals surface area contributed by atoms with E-state index in [1.54, 1.807) is 23.5 Å². The minimum atomic E-state index is 0.0882. The number of amides is 1. The van der Waals surface area contributed by atoms with Gasteiger partial charge in [0.15, 0.2) is 0 Å². The molecule has 0 radical (unpaired) electrons. The number of benzene rings is 1. The molecule has 1 aromatic carbocycles. The maximum absolute atomic E-state index is 12.3. The standard InChI is InChI=1S/C17H18N4O/c1-20(10-7-15-12-18-8-9-19-15)17(22)13-21-11-6-14-4-2-3-5-16(14)21/h2-6,8-9,11-12H,7,10,13H2,1H3. The summed E-state index contributed by atoms with van der Waals surface area (Å²) in [4.78, 5) is 22.3. The molecule has 2 aromatic heterocycles. The summed E-state index contributed by atoms with van der Waals surface area (Å²) in [6.45, 7) is 0.987. The van der Waals surface area contributed by atoms with E-state index in [1.807, 2.05) is 48.1 Å². The second kappa shape index (κ2) is 6.39. The summed E-state index contributed by atoms with van der Waals surface area (Å²) in [6.07, 6.45) is 7.72. The van der Waals surface area contributed by atoms with Gasteiger partial charge in [0.05, 0.1) is 5.69 Å². The van der Waals surface area contributed by atoms with Crippen LogP contribution in [0, 0.1) is 0 Å². The average Bonchev–Trinajstić information content (AvgIpc) is 2.97. The van der Waals surface area contributed by atoms with Crippen molar-refractivity contribution in [2.24, 2.45) is 0 Å². The van der Waals surface area contributed by atoms with Crippen molar-refractivity contribution in [2.45, 2.75) is 13.0 Å². The highest BCUT2D eigenvalue weighted by atomic mass is 16.2. The van der Waals surface area contributed by atoms with Crippen LogP contribution in [0.4, 0.5) is 0 Å². The van der Waals surface area contributed by atoms with Gasteiger partial charge in [-0.3, -0.25) is 14.8 Å². The van der Waals surface area contributed by atoms with Crippen molar-refractivity contribution in [1.82, 2.24) is 19.4 Å². The summed E-state index contributed by atoms with van der Waals surface area (Å²) < 4.78 is 1.98. The number of hydrogen-bond acceptors (Lipinski definition) is 3. The molecule has 2 heterocycles. The fourth-order valence-electron chi connectivity index (χ4n) is 2.41. The number of carbonyl (C=O) groups excluding carboxylic acids is 1. The van der Waals surface area contributed by atoms with Crippen molar-refractivity contribution in [3.8, 4) is 0 Å². The summed E-state index contributed by atoms with van der Waals surface area (Å²) in [5, 5.41) is 1.15. The van der Waals surface area contributed by atoms with E-state index in [-0.39, 0.29) is 5.91 Å². The third kappa shape index (κ3) is 3.14. The van der Waals surface area contributed by atoms with Crippen LogP contribution in [0.1, 0.15) is 5.69 Å². The third-order valence-electron chi connectivity index (χ3n) is 3.73. The van der Waals surface area contributed by atoms with Gasteiger partial charge in [-0.05, 0) is 17.5 Å². The molecule has 1 amide bonds. The van der Waals surface area contributed by atoms with Gasteiger partial charge in [0, 0.05) is 50.3 Å². The molecule has 0 N–H and O–H groups in total. The van der Waals surface area contributed by atoms with E-state index >= 15 is 0 Å². The Morgan fingerprint density at radius 2 is 2.09 bits per heavy atom. The lowest BCUT2D eigenvalue weighted by Gasteiger charge is -2.17. The van der Waals surface area contributed by atoms with E-state index in [0.717, 1.165) is 16.6 Å². The van der Waals surface area contributed by atoms with Gasteiger partial charge in [0.1, 0.15) is 6.54 Å². The molecule has 0 unspecified atom stereocenters. The molecule has 0 aliphatic rings. The molecule has 5 nitrogen and oxygen atoms in total. The average molecular weight is 294 g/mol. The number of nitrogens with zero attached hydrogens (tertiary/aromatic N) is 4. The first-order valence-corrected chi connectivity index (χ1v) is 7.27. The summed E-state index contributed by atoms with van der Waals surface area (Å²) >= 11 is 0. The largest absolute Gasteiger partial charge is 0.344 e. The quantitative estimate of drug-likeness (QED) is 0.724. The van der Waals surface area contributed by atoms with Crippen molar-refractivity contribution in [3.05, 3.63) is 60.8 Å². The normalized spacial score (nSPS) is 10.8. The van der Waals surface area contributed by atoms with Crippen molar-refractivity contribution >= 4 is 16.8 Å². The lowest BCUT2D eigenvalue weighted by atomic mass is 10.2. The Morgan fingerprint density at radius 1 is 1.23 bits per heavy atom. The maximum atomic E-state index is 12.3. The van der Waals surface area contributed by atoms with Crippen LogP contribution < -0.4 is 0 Å². The van der Waals surface area contributed by atoms with Gasteiger partial charge in [-0.1, -0.05) is 18.2 Å². The lowest BCUT2D eigenvalue weighted by Crippen LogP contribution is -2.31. The molecule has 0 saturated carbocycles. The van der Waals surface area contributed by atoms with Crippen molar-refractivity contribution in [1.29, 1.82) is 0 Å². The van der Waals surface area contributed by atoms with E-state index < -0.39 is 0 Å². The molecule has 0 saturated heterocycles. The van der Waals surface area contributed by atoms with Crippen LogP contribution in [0.3, 0.4) is 0 Å². The number of hydrogen-bond donors (Lipinski definition) is 0. The third-order valence-corrected chi connectivity index (χ3v) is 3.73. The zero-order valence-electron chi connectivity index (χ0n) is 12.5. The summed E-state index contributed by atoms with van der Waals surface area (Å²) in [7, 11) is 1.82. The highest BCUT2D eigenvalue weighted by Gasteiger charge is 2.11. The summed E-state index contributed by atoms with van der Waals surface area (Å²) in [5.74, 6) is 0.0882. The Labute approximate surface area is 129 Å². The van der Waals surface area contributed by atoms with Gasteiger partial charge < -0.3 is 9.47 Å². The molecule has 22 heavy (non-hydrogen) atoms. The smallest absolute Gasteiger partial charge is 0.242 e. The Balaban J connectivity index is 1.61. The molecule has 3 aromatic rings. The van der Waals surface area contributed by atoms with Crippen LogP contribution in [0.2, 0.25) is 0 Å². The predicted octanol–water partition coefficient (Wildman–Crippen LogP) is 2.13. The second-order valence-electron chi connectivity index (χ2n) is 5.26. The Morgan fingerprint density at radius 3 is 2.91 bits per heavy atom. The number of carbonyl (C=O) groups is 1. The minimum absolute atomic E-state index is 0.0882. The maximum Gasteiger partial charge on any atom is 0.242 e. The van der Waals surface area contributed by atoms with E-state index in [9.17, 15) is 4.79 Å². The molecular formula is C17H18N4O. The first-order valence-electron chi connectivity index (χ1n) is 7.27. The van der Waals surface area contributed by atoms with Gasteiger partial charge in [-0.2, -0.15) is 0 Å². The van der Waals surface area contributed by atoms with Crippen molar-refractivity contribution in [2.75, 3.05) is 13.6 Å². The molecule has 0 aliphatic carbocycles. The molecule has 0 spiro atoms. The molecule has 5 heteroatoms. The lowest BCUT2D eigenvalue weighted by molar-refractivity contribution is -0.130. The molecule has 3 rings (SSSR count). The summed E-state index contributed by atoms with van der Waals surface area (Å²) in [5.41, 5.74) is 1.98. The topological polar surface area (TPSA) is 51.0 Å². The van der Waals surface area contributed by atoms with Gasteiger partial charge in [0.25, 0.3) is 0 Å². The van der Waals surface area contributed by atoms with Gasteiger partial charge >= 0.3 is 0 Å². The van der Waals surface area contributed by atoms with Crippen molar-refractivity contribution < 1.29 is 4.79 Å². The zero-order chi connectivity index (χ0) is 15.4. The molecule has 112 valence electrons. The molecular weight excluding hydrogens is 276 g/mol. The second-order valence-corrected chi connectivity index (χ2v) is 5.26. The first kappa shape index (κ1) is 14.3. The molecule has 0 fully saturated rings. The van der Waals surface area contributed by atoms with Crippen LogP contribution in [0.5, 0.6) is 0 Å². The Kier molecular flexibility index (Phi) is 4.14.